The molecule has 3 rings (SSSR count). The van der Waals surface area contributed by atoms with Gasteiger partial charge in [0.2, 0.25) is 5.91 Å². The molecule has 1 atom stereocenters. The molecule has 1 aromatic rings. The summed E-state index contributed by atoms with van der Waals surface area (Å²) in [5, 5.41) is 5.43. The Hall–Kier alpha value is -2.37. The van der Waals surface area contributed by atoms with Crippen molar-refractivity contribution in [1.29, 1.82) is 0 Å². The number of methoxy groups -OCH3 is 1. The van der Waals surface area contributed by atoms with Gasteiger partial charge < -0.3 is 9.64 Å². The molecule has 0 radical (unpaired) electrons. The summed E-state index contributed by atoms with van der Waals surface area (Å²) in [6.45, 7) is 0.720. The number of carbonyl (C=O) groups is 2. The average Bonchev–Trinajstić information content (AvgIpc) is 3.06. The molecule has 0 aromatic heterocycles. The summed E-state index contributed by atoms with van der Waals surface area (Å²) in [4.78, 5) is 26.2. The van der Waals surface area contributed by atoms with Crippen LogP contribution in [0.4, 0.5) is 0 Å². The summed E-state index contributed by atoms with van der Waals surface area (Å²) in [6.07, 6.45) is 2.67. The van der Waals surface area contributed by atoms with E-state index in [-0.39, 0.29) is 17.9 Å². The van der Waals surface area contributed by atoms with Crippen molar-refractivity contribution in [3.8, 4) is 5.75 Å². The van der Waals surface area contributed by atoms with Crippen LogP contribution in [0.5, 0.6) is 5.75 Å². The third kappa shape index (κ3) is 3.06. The number of likely N-dealkylation sites (tertiary alicyclic amines) is 1. The van der Waals surface area contributed by atoms with Crippen molar-refractivity contribution in [3.05, 3.63) is 29.8 Å². The van der Waals surface area contributed by atoms with E-state index >= 15 is 0 Å². The molecule has 2 aliphatic rings. The van der Waals surface area contributed by atoms with Gasteiger partial charge in [-0.15, -0.1) is 0 Å². The molecule has 0 saturated carbocycles. The van der Waals surface area contributed by atoms with E-state index in [9.17, 15) is 9.59 Å². The first kappa shape index (κ1) is 15.5. The van der Waals surface area contributed by atoms with Crippen LogP contribution in [0, 0.1) is 0 Å². The number of nitrogens with zero attached hydrogens (tertiary/aromatic N) is 3. The third-order valence-corrected chi connectivity index (χ3v) is 4.45. The molecule has 0 aliphatic carbocycles. The van der Waals surface area contributed by atoms with E-state index in [1.54, 1.807) is 14.2 Å². The molecule has 0 N–H and O–H groups in total. The quantitative estimate of drug-likeness (QED) is 0.856. The first-order valence-corrected chi connectivity index (χ1v) is 7.89. The van der Waals surface area contributed by atoms with Crippen LogP contribution >= 0.6 is 0 Å². The zero-order valence-corrected chi connectivity index (χ0v) is 13.5. The highest BCUT2D eigenvalue weighted by molar-refractivity contribution is 6.39. The minimum atomic E-state index is -0.0605. The van der Waals surface area contributed by atoms with Crippen molar-refractivity contribution in [1.82, 2.24) is 9.91 Å². The van der Waals surface area contributed by atoms with Crippen LogP contribution in [0.25, 0.3) is 0 Å². The Morgan fingerprint density at radius 3 is 2.91 bits per heavy atom. The average molecular weight is 315 g/mol. The smallest absolute Gasteiger partial charge is 0.270 e. The highest BCUT2D eigenvalue weighted by Gasteiger charge is 2.34. The lowest BCUT2D eigenvalue weighted by atomic mass is 10.0. The Balaban J connectivity index is 1.82. The second kappa shape index (κ2) is 6.40. The molecule has 1 fully saturated rings. The first-order valence-electron chi connectivity index (χ1n) is 7.89. The molecule has 2 aliphatic heterocycles. The molecular formula is C17H21N3O3. The van der Waals surface area contributed by atoms with Crippen LogP contribution in [0.3, 0.4) is 0 Å². The molecule has 122 valence electrons. The minimum absolute atomic E-state index is 0.0447. The van der Waals surface area contributed by atoms with Gasteiger partial charge in [0.15, 0.2) is 0 Å². The molecule has 6 heteroatoms. The SMILES string of the molecule is COc1cccc([C@@H]2CCCN2C(=O)C2=NN(C)C(=O)CC2)c1. The minimum Gasteiger partial charge on any atom is -0.497 e. The fourth-order valence-electron chi connectivity index (χ4n) is 3.19. The van der Waals surface area contributed by atoms with Crippen molar-refractivity contribution in [3.63, 3.8) is 0 Å². The molecule has 23 heavy (non-hydrogen) atoms. The zero-order valence-electron chi connectivity index (χ0n) is 13.5. The Labute approximate surface area is 135 Å². The third-order valence-electron chi connectivity index (χ3n) is 4.45. The predicted octanol–water partition coefficient (Wildman–Crippen LogP) is 1.97. The van der Waals surface area contributed by atoms with Gasteiger partial charge in [-0.1, -0.05) is 12.1 Å². The summed E-state index contributed by atoms with van der Waals surface area (Å²) < 4.78 is 5.28. The number of benzene rings is 1. The van der Waals surface area contributed by atoms with Gasteiger partial charge in [0.05, 0.1) is 13.2 Å². The number of hydrogen-bond acceptors (Lipinski definition) is 4. The zero-order chi connectivity index (χ0) is 16.4. The van der Waals surface area contributed by atoms with E-state index < -0.39 is 0 Å². The van der Waals surface area contributed by atoms with Crippen molar-refractivity contribution >= 4 is 17.5 Å². The highest BCUT2D eigenvalue weighted by Crippen LogP contribution is 2.34. The summed E-state index contributed by atoms with van der Waals surface area (Å²) in [7, 11) is 3.23. The fourth-order valence-corrected chi connectivity index (χ4v) is 3.19. The van der Waals surface area contributed by atoms with Gasteiger partial charge in [-0.25, -0.2) is 5.01 Å². The topological polar surface area (TPSA) is 62.2 Å². The van der Waals surface area contributed by atoms with E-state index in [1.165, 1.54) is 5.01 Å². The van der Waals surface area contributed by atoms with Crippen molar-refractivity contribution in [2.75, 3.05) is 20.7 Å². The van der Waals surface area contributed by atoms with Crippen LogP contribution in [-0.4, -0.2) is 48.1 Å². The van der Waals surface area contributed by atoms with Crippen molar-refractivity contribution in [2.24, 2.45) is 5.10 Å². The summed E-state index contributed by atoms with van der Waals surface area (Å²) in [5.74, 6) is 0.684. The van der Waals surface area contributed by atoms with Gasteiger partial charge in [-0.3, -0.25) is 9.59 Å². The monoisotopic (exact) mass is 315 g/mol. The summed E-state index contributed by atoms with van der Waals surface area (Å²) >= 11 is 0. The maximum Gasteiger partial charge on any atom is 0.270 e. The predicted molar refractivity (Wildman–Crippen MR) is 86.1 cm³/mol. The largest absolute Gasteiger partial charge is 0.497 e. The molecule has 2 amide bonds. The molecule has 1 aromatic carbocycles. The van der Waals surface area contributed by atoms with E-state index in [4.69, 9.17) is 4.74 Å². The summed E-state index contributed by atoms with van der Waals surface area (Å²) in [5.41, 5.74) is 1.55. The van der Waals surface area contributed by atoms with Gasteiger partial charge in [0.25, 0.3) is 5.91 Å². The maximum atomic E-state index is 12.8. The molecular weight excluding hydrogens is 294 g/mol. The Bertz CT molecular complexity index is 656. The fraction of sp³-hybridized carbons (Fsp3) is 0.471. The van der Waals surface area contributed by atoms with E-state index in [0.717, 1.165) is 30.7 Å². The van der Waals surface area contributed by atoms with E-state index in [2.05, 4.69) is 5.10 Å². The summed E-state index contributed by atoms with van der Waals surface area (Å²) in [6, 6.07) is 7.89. The number of hydrazone groups is 1. The van der Waals surface area contributed by atoms with Gasteiger partial charge in [-0.05, 0) is 30.5 Å². The molecule has 0 unspecified atom stereocenters. The maximum absolute atomic E-state index is 12.8. The first-order chi connectivity index (χ1) is 11.1. The lowest BCUT2D eigenvalue weighted by Gasteiger charge is -2.28. The van der Waals surface area contributed by atoms with Gasteiger partial charge >= 0.3 is 0 Å². The number of amides is 2. The standard InChI is InChI=1S/C17H21N3O3/c1-19-16(21)9-8-14(18-19)17(22)20-10-4-7-15(20)12-5-3-6-13(11-12)23-2/h3,5-6,11,15H,4,7-10H2,1-2H3/t15-/m0/s1. The number of hydrogen-bond donors (Lipinski definition) is 0. The van der Waals surface area contributed by atoms with Gasteiger partial charge in [-0.2, -0.15) is 5.10 Å². The lowest BCUT2D eigenvalue weighted by Crippen LogP contribution is -2.40. The number of rotatable bonds is 3. The second-order valence-electron chi connectivity index (χ2n) is 5.90. The van der Waals surface area contributed by atoms with Crippen LogP contribution in [0.15, 0.2) is 29.4 Å². The van der Waals surface area contributed by atoms with Crippen LogP contribution in [-0.2, 0) is 9.59 Å². The van der Waals surface area contributed by atoms with E-state index in [1.807, 2.05) is 29.2 Å². The molecule has 0 bridgehead atoms. The lowest BCUT2D eigenvalue weighted by molar-refractivity contribution is -0.130. The molecule has 1 saturated heterocycles. The van der Waals surface area contributed by atoms with Gasteiger partial charge in [0.1, 0.15) is 11.5 Å². The normalized spacial score (nSPS) is 21.4. The Morgan fingerprint density at radius 2 is 2.17 bits per heavy atom. The van der Waals surface area contributed by atoms with Crippen molar-refractivity contribution in [2.45, 2.75) is 31.7 Å². The second-order valence-corrected chi connectivity index (χ2v) is 5.90. The number of carbonyl (C=O) groups excluding carboxylic acids is 2. The molecule has 2 heterocycles. The van der Waals surface area contributed by atoms with Gasteiger partial charge in [0, 0.05) is 26.4 Å². The highest BCUT2D eigenvalue weighted by atomic mass is 16.5. The Morgan fingerprint density at radius 1 is 1.35 bits per heavy atom. The van der Waals surface area contributed by atoms with Crippen molar-refractivity contribution < 1.29 is 14.3 Å². The Kier molecular flexibility index (Phi) is 4.32. The van der Waals surface area contributed by atoms with Crippen LogP contribution < -0.4 is 4.74 Å². The number of ether oxygens (including phenoxy) is 1. The van der Waals surface area contributed by atoms with Crippen LogP contribution in [0.1, 0.15) is 37.3 Å². The molecule has 0 spiro atoms. The van der Waals surface area contributed by atoms with Crippen LogP contribution in [0.2, 0.25) is 0 Å². The van der Waals surface area contributed by atoms with E-state index in [0.29, 0.717) is 18.6 Å². The molecule has 6 nitrogen and oxygen atoms in total.